The van der Waals surface area contributed by atoms with Crippen LogP contribution in [0.25, 0.3) is 11.0 Å². The molecule has 5 heteroatoms. The summed E-state index contributed by atoms with van der Waals surface area (Å²) < 4.78 is 15.5. The number of fused-ring (bicyclic) bond motifs is 1. The first-order valence-electron chi connectivity index (χ1n) is 6.65. The minimum absolute atomic E-state index is 0.0434. The molecule has 1 aliphatic rings. The number of anilines is 1. The van der Waals surface area contributed by atoms with E-state index >= 15 is 0 Å². The summed E-state index contributed by atoms with van der Waals surface area (Å²) in [6.07, 6.45) is 5.77. The second kappa shape index (κ2) is 4.37. The van der Waals surface area contributed by atoms with Crippen molar-refractivity contribution < 1.29 is 4.39 Å². The third-order valence-electron chi connectivity index (χ3n) is 4.19. The molecule has 1 heterocycles. The lowest BCUT2D eigenvalue weighted by Gasteiger charge is -2.36. The van der Waals surface area contributed by atoms with E-state index in [9.17, 15) is 4.39 Å². The van der Waals surface area contributed by atoms with Crippen LogP contribution >= 0.6 is 11.6 Å². The predicted molar refractivity (Wildman–Crippen MR) is 75.8 cm³/mol. The molecule has 0 radical (unpaired) electrons. The van der Waals surface area contributed by atoms with E-state index in [2.05, 4.69) is 11.9 Å². The molecule has 1 aliphatic carbocycles. The predicted octanol–water partition coefficient (Wildman–Crippen LogP) is 4.09. The Bertz CT molecular complexity index is 629. The number of nitrogens with two attached hydrogens (primary N) is 1. The van der Waals surface area contributed by atoms with Crippen LogP contribution in [0.3, 0.4) is 0 Å². The van der Waals surface area contributed by atoms with Crippen molar-refractivity contribution in [1.29, 1.82) is 0 Å². The second-order valence-electron chi connectivity index (χ2n) is 5.62. The van der Waals surface area contributed by atoms with Gasteiger partial charge in [-0.2, -0.15) is 0 Å². The third-order valence-corrected chi connectivity index (χ3v) is 4.48. The van der Waals surface area contributed by atoms with Gasteiger partial charge < -0.3 is 10.3 Å². The molecule has 2 N–H and O–H groups in total. The lowest BCUT2D eigenvalue weighted by atomic mass is 9.83. The van der Waals surface area contributed by atoms with E-state index in [1.807, 2.05) is 4.57 Å². The number of nitrogen functional groups attached to an aromatic ring is 1. The van der Waals surface area contributed by atoms with Gasteiger partial charge in [0.2, 0.25) is 5.95 Å². The molecule has 1 aromatic carbocycles. The van der Waals surface area contributed by atoms with E-state index in [4.69, 9.17) is 17.3 Å². The Morgan fingerprint density at radius 3 is 2.68 bits per heavy atom. The van der Waals surface area contributed by atoms with Gasteiger partial charge in [0.25, 0.3) is 0 Å². The van der Waals surface area contributed by atoms with Gasteiger partial charge in [-0.05, 0) is 25.8 Å². The Balaban J connectivity index is 2.22. The van der Waals surface area contributed by atoms with Gasteiger partial charge in [-0.25, -0.2) is 9.37 Å². The molecule has 1 aromatic heterocycles. The fraction of sp³-hybridized carbons (Fsp3) is 0.500. The van der Waals surface area contributed by atoms with Crippen molar-refractivity contribution in [2.24, 2.45) is 0 Å². The summed E-state index contributed by atoms with van der Waals surface area (Å²) in [6, 6.07) is 2.99. The number of nitrogens with zero attached hydrogens (tertiary/aromatic N) is 2. The summed E-state index contributed by atoms with van der Waals surface area (Å²) in [7, 11) is 0. The Morgan fingerprint density at radius 1 is 1.32 bits per heavy atom. The van der Waals surface area contributed by atoms with E-state index < -0.39 is 5.82 Å². The van der Waals surface area contributed by atoms with Crippen LogP contribution in [0.5, 0.6) is 0 Å². The standard InChI is InChI=1S/C14H17ClFN3/c1-14(5-3-2-4-6-14)19-12-7-9(15)10(16)8-11(12)18-13(19)17/h7-8H,2-6H2,1H3,(H2,17,18). The minimum atomic E-state index is -0.451. The molecule has 0 saturated heterocycles. The Morgan fingerprint density at radius 2 is 2.00 bits per heavy atom. The van der Waals surface area contributed by atoms with Gasteiger partial charge in [0.1, 0.15) is 5.82 Å². The lowest BCUT2D eigenvalue weighted by molar-refractivity contribution is 0.228. The highest BCUT2D eigenvalue weighted by molar-refractivity contribution is 6.31. The van der Waals surface area contributed by atoms with Crippen molar-refractivity contribution in [2.75, 3.05) is 5.73 Å². The topological polar surface area (TPSA) is 43.8 Å². The van der Waals surface area contributed by atoms with Gasteiger partial charge in [0.15, 0.2) is 0 Å². The quantitative estimate of drug-likeness (QED) is 0.855. The molecule has 1 saturated carbocycles. The maximum atomic E-state index is 13.5. The first kappa shape index (κ1) is 12.7. The van der Waals surface area contributed by atoms with Gasteiger partial charge in [-0.1, -0.05) is 30.9 Å². The molecule has 0 spiro atoms. The van der Waals surface area contributed by atoms with Crippen molar-refractivity contribution in [2.45, 2.75) is 44.6 Å². The van der Waals surface area contributed by atoms with E-state index in [-0.39, 0.29) is 10.6 Å². The van der Waals surface area contributed by atoms with Gasteiger partial charge >= 0.3 is 0 Å². The highest BCUT2D eigenvalue weighted by Crippen LogP contribution is 2.39. The Kier molecular flexibility index (Phi) is 2.93. The average molecular weight is 282 g/mol. The highest BCUT2D eigenvalue weighted by Gasteiger charge is 2.32. The molecule has 0 bridgehead atoms. The van der Waals surface area contributed by atoms with Crippen LogP contribution in [0.2, 0.25) is 5.02 Å². The average Bonchev–Trinajstić information content (AvgIpc) is 2.67. The molecule has 0 atom stereocenters. The van der Waals surface area contributed by atoms with E-state index in [0.717, 1.165) is 18.4 Å². The summed E-state index contributed by atoms with van der Waals surface area (Å²) in [5.41, 5.74) is 7.41. The minimum Gasteiger partial charge on any atom is -0.369 e. The van der Waals surface area contributed by atoms with Gasteiger partial charge in [-0.3, -0.25) is 0 Å². The maximum absolute atomic E-state index is 13.5. The zero-order valence-electron chi connectivity index (χ0n) is 10.9. The second-order valence-corrected chi connectivity index (χ2v) is 6.03. The van der Waals surface area contributed by atoms with Crippen molar-refractivity contribution >= 4 is 28.6 Å². The van der Waals surface area contributed by atoms with Gasteiger partial charge in [0.05, 0.1) is 16.1 Å². The number of hydrogen-bond donors (Lipinski definition) is 1. The number of hydrogen-bond acceptors (Lipinski definition) is 2. The summed E-state index contributed by atoms with van der Waals surface area (Å²) in [6.45, 7) is 2.20. The molecule has 3 nitrogen and oxygen atoms in total. The van der Waals surface area contributed by atoms with Crippen molar-refractivity contribution in [3.63, 3.8) is 0 Å². The maximum Gasteiger partial charge on any atom is 0.201 e. The van der Waals surface area contributed by atoms with Crippen LogP contribution in [0.4, 0.5) is 10.3 Å². The van der Waals surface area contributed by atoms with Gasteiger partial charge in [0, 0.05) is 11.6 Å². The molecule has 102 valence electrons. The molecule has 0 aliphatic heterocycles. The molecular formula is C14H17ClFN3. The fourth-order valence-electron chi connectivity index (χ4n) is 3.20. The first-order chi connectivity index (χ1) is 9.01. The van der Waals surface area contributed by atoms with Crippen molar-refractivity contribution in [1.82, 2.24) is 9.55 Å². The van der Waals surface area contributed by atoms with Crippen molar-refractivity contribution in [3.8, 4) is 0 Å². The SMILES string of the molecule is CC1(n2c(N)nc3cc(F)c(Cl)cc32)CCCCC1. The van der Waals surface area contributed by atoms with Crippen LogP contribution in [-0.4, -0.2) is 9.55 Å². The monoisotopic (exact) mass is 281 g/mol. The summed E-state index contributed by atoms with van der Waals surface area (Å²) >= 11 is 5.90. The van der Waals surface area contributed by atoms with Crippen LogP contribution < -0.4 is 5.73 Å². The normalized spacial score (nSPS) is 18.9. The molecule has 3 rings (SSSR count). The zero-order valence-corrected chi connectivity index (χ0v) is 11.7. The smallest absolute Gasteiger partial charge is 0.201 e. The number of imidazole rings is 1. The Labute approximate surface area is 116 Å². The number of aromatic nitrogens is 2. The fourth-order valence-corrected chi connectivity index (χ4v) is 3.35. The van der Waals surface area contributed by atoms with E-state index in [0.29, 0.717) is 11.5 Å². The van der Waals surface area contributed by atoms with Crippen LogP contribution in [0.15, 0.2) is 12.1 Å². The molecule has 1 fully saturated rings. The number of rotatable bonds is 1. The summed E-state index contributed by atoms with van der Waals surface area (Å²) in [4.78, 5) is 4.28. The van der Waals surface area contributed by atoms with Crippen LogP contribution in [-0.2, 0) is 5.54 Å². The molecular weight excluding hydrogens is 265 g/mol. The largest absolute Gasteiger partial charge is 0.369 e. The summed E-state index contributed by atoms with van der Waals surface area (Å²) in [5, 5.41) is 0.119. The first-order valence-corrected chi connectivity index (χ1v) is 7.02. The molecule has 19 heavy (non-hydrogen) atoms. The van der Waals surface area contributed by atoms with E-state index in [1.54, 1.807) is 6.07 Å². The van der Waals surface area contributed by atoms with Gasteiger partial charge in [-0.15, -0.1) is 0 Å². The Hall–Kier alpha value is -1.29. The third kappa shape index (κ3) is 1.98. The number of benzene rings is 1. The zero-order chi connectivity index (χ0) is 13.6. The summed E-state index contributed by atoms with van der Waals surface area (Å²) in [5.74, 6) is -0.00585. The molecule has 0 unspecified atom stereocenters. The molecule has 0 amide bonds. The highest BCUT2D eigenvalue weighted by atomic mass is 35.5. The van der Waals surface area contributed by atoms with E-state index in [1.165, 1.54) is 25.3 Å². The molecule has 2 aromatic rings. The van der Waals surface area contributed by atoms with Crippen LogP contribution in [0, 0.1) is 5.82 Å². The van der Waals surface area contributed by atoms with Crippen LogP contribution in [0.1, 0.15) is 39.0 Å². The lowest BCUT2D eigenvalue weighted by Crippen LogP contribution is -2.33. The van der Waals surface area contributed by atoms with Crippen molar-refractivity contribution in [3.05, 3.63) is 23.0 Å². The number of halogens is 2.